The molecule has 10 heavy (non-hydrogen) atoms. The first-order valence-corrected chi connectivity index (χ1v) is 6.17. The normalized spacial score (nSPS) is 25.1. The Morgan fingerprint density at radius 3 is 2.10 bits per heavy atom. The van der Waals surface area contributed by atoms with Gasteiger partial charge in [0.25, 0.3) is 0 Å². The van der Waals surface area contributed by atoms with Gasteiger partial charge in [0.1, 0.15) is 0 Å². The van der Waals surface area contributed by atoms with Crippen molar-refractivity contribution in [2.45, 2.75) is 13.8 Å². The summed E-state index contributed by atoms with van der Waals surface area (Å²) in [5.74, 6) is 0.722. The number of rotatable bonds is 1. The smallest absolute Gasteiger partial charge is 0.0171 e. The molecule has 1 aliphatic heterocycles. The average molecular weight is 156 g/mol. The largest absolute Gasteiger partial charge is 0.204 e. The summed E-state index contributed by atoms with van der Waals surface area (Å²) in [5.41, 5.74) is 0. The lowest BCUT2D eigenvalue weighted by molar-refractivity contribution is 0.816. The maximum atomic E-state index is 2.35. The zero-order valence-corrected chi connectivity index (χ0v) is 8.03. The maximum absolute atomic E-state index is 2.35. The fourth-order valence-electron chi connectivity index (χ4n) is 1.38. The van der Waals surface area contributed by atoms with Gasteiger partial charge in [0, 0.05) is 0 Å². The van der Waals surface area contributed by atoms with Crippen LogP contribution in [0.2, 0.25) is 0 Å². The van der Waals surface area contributed by atoms with E-state index in [1.165, 1.54) is 0 Å². The Kier molecular flexibility index (Phi) is 1.95. The highest BCUT2D eigenvalue weighted by molar-refractivity contribution is 8.38. The van der Waals surface area contributed by atoms with E-state index in [4.69, 9.17) is 0 Å². The van der Waals surface area contributed by atoms with Crippen molar-refractivity contribution in [1.82, 2.24) is 0 Å². The highest BCUT2D eigenvalue weighted by atomic mass is 32.3. The topological polar surface area (TPSA) is 0 Å². The lowest BCUT2D eigenvalue weighted by Crippen LogP contribution is -1.99. The van der Waals surface area contributed by atoms with Crippen molar-refractivity contribution in [2.75, 3.05) is 12.5 Å². The number of hydrogen-bond donors (Lipinski definition) is 0. The minimum atomic E-state index is -0.506. The SMILES string of the molecule is CC(C)C1=CC=CS1(C)C. The highest BCUT2D eigenvalue weighted by Crippen LogP contribution is 2.55. The van der Waals surface area contributed by atoms with E-state index in [-0.39, 0.29) is 0 Å². The fourth-order valence-corrected chi connectivity index (χ4v) is 3.66. The Bertz CT molecular complexity index is 185. The van der Waals surface area contributed by atoms with E-state index in [0.29, 0.717) is 0 Å². The third-order valence-corrected chi connectivity index (χ3v) is 4.52. The van der Waals surface area contributed by atoms with E-state index in [1.807, 2.05) is 0 Å². The molecule has 0 bridgehead atoms. The average Bonchev–Trinajstić information content (AvgIpc) is 2.08. The first-order valence-electron chi connectivity index (χ1n) is 3.66. The minimum absolute atomic E-state index is 0.506. The second-order valence-electron chi connectivity index (χ2n) is 3.46. The Morgan fingerprint density at radius 1 is 1.30 bits per heavy atom. The van der Waals surface area contributed by atoms with Gasteiger partial charge in [-0.15, -0.1) is 0 Å². The summed E-state index contributed by atoms with van der Waals surface area (Å²) in [7, 11) is -0.506. The molecule has 1 heterocycles. The van der Waals surface area contributed by atoms with E-state index in [0.717, 1.165) is 5.92 Å². The lowest BCUT2D eigenvalue weighted by Gasteiger charge is -2.29. The van der Waals surface area contributed by atoms with Gasteiger partial charge >= 0.3 is 0 Å². The van der Waals surface area contributed by atoms with Crippen molar-refractivity contribution in [2.24, 2.45) is 5.92 Å². The van der Waals surface area contributed by atoms with Gasteiger partial charge in [-0.3, -0.25) is 0 Å². The molecule has 0 spiro atoms. The summed E-state index contributed by atoms with van der Waals surface area (Å²) in [5, 5.41) is 2.35. The molecule has 1 aliphatic rings. The Morgan fingerprint density at radius 2 is 1.90 bits per heavy atom. The van der Waals surface area contributed by atoms with Crippen molar-refractivity contribution >= 4 is 10.0 Å². The fraction of sp³-hybridized carbons (Fsp3) is 0.556. The molecule has 0 radical (unpaired) electrons. The number of allylic oxidation sites excluding steroid dienone is 3. The second kappa shape index (κ2) is 2.46. The molecule has 0 fully saturated rings. The van der Waals surface area contributed by atoms with Gasteiger partial charge in [-0.05, 0) is 28.7 Å². The Labute approximate surface area is 65.3 Å². The molecule has 0 saturated carbocycles. The van der Waals surface area contributed by atoms with E-state index < -0.39 is 10.0 Å². The van der Waals surface area contributed by atoms with Crippen molar-refractivity contribution in [3.63, 3.8) is 0 Å². The molecule has 1 rings (SSSR count). The molecule has 0 aromatic carbocycles. The molecular weight excluding hydrogens is 140 g/mol. The standard InChI is InChI=1S/C9H16S/c1-8(2)9-6-5-7-10(9,3)4/h5-8H,1-4H3. The molecule has 0 unspecified atom stereocenters. The summed E-state index contributed by atoms with van der Waals surface area (Å²) in [6.45, 7) is 4.54. The van der Waals surface area contributed by atoms with Gasteiger partial charge in [0.2, 0.25) is 0 Å². The van der Waals surface area contributed by atoms with Crippen molar-refractivity contribution in [3.8, 4) is 0 Å². The van der Waals surface area contributed by atoms with Crippen LogP contribution in [0.1, 0.15) is 13.8 Å². The molecule has 0 saturated heterocycles. The van der Waals surface area contributed by atoms with Gasteiger partial charge in [-0.1, -0.05) is 26.0 Å². The molecule has 0 amide bonds. The van der Waals surface area contributed by atoms with Crippen LogP contribution >= 0.6 is 10.0 Å². The first kappa shape index (κ1) is 7.93. The molecule has 0 aliphatic carbocycles. The van der Waals surface area contributed by atoms with Crippen LogP contribution in [0.3, 0.4) is 0 Å². The molecule has 58 valence electrons. The van der Waals surface area contributed by atoms with Crippen molar-refractivity contribution < 1.29 is 0 Å². The zero-order chi connectivity index (χ0) is 7.78. The van der Waals surface area contributed by atoms with Crippen LogP contribution < -0.4 is 0 Å². The summed E-state index contributed by atoms with van der Waals surface area (Å²) >= 11 is 0. The van der Waals surface area contributed by atoms with E-state index in [1.54, 1.807) is 4.91 Å². The van der Waals surface area contributed by atoms with Gasteiger partial charge in [-0.25, -0.2) is 10.0 Å². The number of hydrogen-bond acceptors (Lipinski definition) is 0. The molecule has 0 aromatic rings. The minimum Gasteiger partial charge on any atom is -0.204 e. The predicted molar refractivity (Wildman–Crippen MR) is 51.5 cm³/mol. The van der Waals surface area contributed by atoms with Gasteiger partial charge in [0.05, 0.1) is 0 Å². The summed E-state index contributed by atoms with van der Waals surface area (Å²) in [4.78, 5) is 1.63. The molecule has 0 nitrogen and oxygen atoms in total. The summed E-state index contributed by atoms with van der Waals surface area (Å²) < 4.78 is 0. The van der Waals surface area contributed by atoms with Gasteiger partial charge in [0.15, 0.2) is 0 Å². The quantitative estimate of drug-likeness (QED) is 0.547. The van der Waals surface area contributed by atoms with Crippen LogP contribution in [0.5, 0.6) is 0 Å². The molecule has 0 aromatic heterocycles. The second-order valence-corrected chi connectivity index (χ2v) is 7.01. The van der Waals surface area contributed by atoms with Crippen LogP contribution in [-0.4, -0.2) is 12.5 Å². The highest BCUT2D eigenvalue weighted by Gasteiger charge is 2.19. The van der Waals surface area contributed by atoms with E-state index in [2.05, 4.69) is 43.9 Å². The monoisotopic (exact) mass is 156 g/mol. The molecule has 0 atom stereocenters. The third kappa shape index (κ3) is 1.29. The van der Waals surface area contributed by atoms with Crippen molar-refractivity contribution in [1.29, 1.82) is 0 Å². The third-order valence-electron chi connectivity index (χ3n) is 1.86. The van der Waals surface area contributed by atoms with Crippen LogP contribution in [0.15, 0.2) is 22.5 Å². The molecule has 0 N–H and O–H groups in total. The Balaban J connectivity index is 2.83. The van der Waals surface area contributed by atoms with E-state index in [9.17, 15) is 0 Å². The molecular formula is C9H16S. The van der Waals surface area contributed by atoms with Crippen LogP contribution in [0.25, 0.3) is 0 Å². The Hall–Kier alpha value is -0.170. The van der Waals surface area contributed by atoms with Crippen LogP contribution in [-0.2, 0) is 0 Å². The van der Waals surface area contributed by atoms with Gasteiger partial charge < -0.3 is 0 Å². The van der Waals surface area contributed by atoms with Crippen LogP contribution in [0, 0.1) is 5.92 Å². The maximum Gasteiger partial charge on any atom is -0.0171 e. The van der Waals surface area contributed by atoms with Crippen molar-refractivity contribution in [3.05, 3.63) is 22.5 Å². The lowest BCUT2D eigenvalue weighted by atomic mass is 10.2. The predicted octanol–water partition coefficient (Wildman–Crippen LogP) is 3.12. The van der Waals surface area contributed by atoms with E-state index >= 15 is 0 Å². The van der Waals surface area contributed by atoms with Crippen LogP contribution in [0.4, 0.5) is 0 Å². The van der Waals surface area contributed by atoms with Gasteiger partial charge in [-0.2, -0.15) is 0 Å². The first-order chi connectivity index (χ1) is 4.54. The summed E-state index contributed by atoms with van der Waals surface area (Å²) in [6, 6.07) is 0. The zero-order valence-electron chi connectivity index (χ0n) is 7.22. The summed E-state index contributed by atoms with van der Waals surface area (Å²) in [6.07, 6.45) is 9.18. The molecule has 1 heteroatoms.